The summed E-state index contributed by atoms with van der Waals surface area (Å²) in [7, 11) is 0. The van der Waals surface area contributed by atoms with E-state index in [1.165, 1.54) is 39.1 Å². The third-order valence-corrected chi connectivity index (χ3v) is 3.61. The summed E-state index contributed by atoms with van der Waals surface area (Å²) in [5.74, 6) is 2.46. The third kappa shape index (κ3) is 4.52. The fourth-order valence-electron chi connectivity index (χ4n) is 2.57. The van der Waals surface area contributed by atoms with Gasteiger partial charge in [-0.3, -0.25) is 0 Å². The van der Waals surface area contributed by atoms with Gasteiger partial charge in [-0.1, -0.05) is 27.7 Å². The molecule has 0 amide bonds. The first kappa shape index (κ1) is 13.0. The van der Waals surface area contributed by atoms with Gasteiger partial charge in [0.15, 0.2) is 0 Å². The molecule has 0 radical (unpaired) electrons. The van der Waals surface area contributed by atoms with Crippen molar-refractivity contribution in [3.8, 4) is 0 Å². The maximum atomic E-state index is 3.47. The second kappa shape index (κ2) is 6.49. The molecular weight excluding hydrogens is 184 g/mol. The first-order valence-corrected chi connectivity index (χ1v) is 6.54. The lowest BCUT2D eigenvalue weighted by molar-refractivity contribution is 0.173. The Morgan fingerprint density at radius 1 is 1.00 bits per heavy atom. The van der Waals surface area contributed by atoms with Crippen LogP contribution in [0.4, 0.5) is 0 Å². The van der Waals surface area contributed by atoms with E-state index < -0.39 is 0 Å². The first-order valence-electron chi connectivity index (χ1n) is 6.54. The minimum Gasteiger partial charge on any atom is -0.315 e. The van der Waals surface area contributed by atoms with Gasteiger partial charge in [-0.05, 0) is 37.3 Å². The Hall–Kier alpha value is -0.0800. The van der Waals surface area contributed by atoms with E-state index in [4.69, 9.17) is 0 Å². The summed E-state index contributed by atoms with van der Waals surface area (Å²) in [6.07, 6.45) is 1.31. The molecule has 0 aromatic heterocycles. The zero-order chi connectivity index (χ0) is 11.3. The molecular formula is C13H28N2. The van der Waals surface area contributed by atoms with Crippen LogP contribution in [0.15, 0.2) is 0 Å². The number of rotatable bonds is 4. The summed E-state index contributed by atoms with van der Waals surface area (Å²) in [6.45, 7) is 15.6. The highest BCUT2D eigenvalue weighted by atomic mass is 15.2. The molecule has 0 spiro atoms. The van der Waals surface area contributed by atoms with Crippen LogP contribution in [0.3, 0.4) is 0 Å². The van der Waals surface area contributed by atoms with Crippen molar-refractivity contribution in [3.63, 3.8) is 0 Å². The highest BCUT2D eigenvalue weighted by molar-refractivity contribution is 4.74. The van der Waals surface area contributed by atoms with E-state index in [2.05, 4.69) is 37.9 Å². The summed E-state index contributed by atoms with van der Waals surface area (Å²) in [5, 5.41) is 3.47. The van der Waals surface area contributed by atoms with Gasteiger partial charge in [0, 0.05) is 19.6 Å². The maximum Gasteiger partial charge on any atom is 0.0107 e. The molecule has 1 fully saturated rings. The molecule has 90 valence electrons. The van der Waals surface area contributed by atoms with E-state index in [-0.39, 0.29) is 0 Å². The van der Waals surface area contributed by atoms with Crippen LogP contribution in [-0.4, -0.2) is 37.6 Å². The topological polar surface area (TPSA) is 15.3 Å². The van der Waals surface area contributed by atoms with E-state index in [0.29, 0.717) is 0 Å². The Bertz CT molecular complexity index is 150. The summed E-state index contributed by atoms with van der Waals surface area (Å²) in [5.41, 5.74) is 0. The third-order valence-electron chi connectivity index (χ3n) is 3.61. The Morgan fingerprint density at radius 3 is 2.27 bits per heavy atom. The Kier molecular flexibility index (Phi) is 5.62. The van der Waals surface area contributed by atoms with Crippen LogP contribution in [0.2, 0.25) is 0 Å². The Morgan fingerprint density at radius 2 is 1.67 bits per heavy atom. The van der Waals surface area contributed by atoms with Gasteiger partial charge in [0.25, 0.3) is 0 Å². The van der Waals surface area contributed by atoms with Crippen LogP contribution in [0.25, 0.3) is 0 Å². The zero-order valence-corrected chi connectivity index (χ0v) is 10.9. The van der Waals surface area contributed by atoms with Crippen LogP contribution < -0.4 is 5.32 Å². The minimum atomic E-state index is 0.807. The van der Waals surface area contributed by atoms with E-state index in [1.54, 1.807) is 0 Å². The molecule has 1 heterocycles. The molecule has 0 bridgehead atoms. The Labute approximate surface area is 95.4 Å². The number of nitrogens with one attached hydrogen (secondary N) is 1. The second-order valence-corrected chi connectivity index (χ2v) is 5.56. The van der Waals surface area contributed by atoms with Crippen molar-refractivity contribution in [2.24, 2.45) is 17.8 Å². The van der Waals surface area contributed by atoms with E-state index in [1.807, 2.05) is 0 Å². The van der Waals surface area contributed by atoms with Gasteiger partial charge in [-0.25, -0.2) is 0 Å². The van der Waals surface area contributed by atoms with Crippen molar-refractivity contribution in [2.45, 2.75) is 34.1 Å². The van der Waals surface area contributed by atoms with E-state index >= 15 is 0 Å². The van der Waals surface area contributed by atoms with Crippen molar-refractivity contribution >= 4 is 0 Å². The molecule has 0 aliphatic carbocycles. The van der Waals surface area contributed by atoms with Crippen molar-refractivity contribution in [1.29, 1.82) is 0 Å². The molecule has 2 nitrogen and oxygen atoms in total. The average molecular weight is 212 g/mol. The van der Waals surface area contributed by atoms with Crippen LogP contribution in [0, 0.1) is 17.8 Å². The number of hydrogen-bond acceptors (Lipinski definition) is 2. The zero-order valence-electron chi connectivity index (χ0n) is 10.9. The van der Waals surface area contributed by atoms with Crippen molar-refractivity contribution in [2.75, 3.05) is 32.7 Å². The predicted octanol–water partition coefficient (Wildman–Crippen LogP) is 2.21. The normalized spacial score (nSPS) is 20.2. The summed E-state index contributed by atoms with van der Waals surface area (Å²) in [4.78, 5) is 2.64. The molecule has 1 aliphatic heterocycles. The lowest BCUT2D eigenvalue weighted by atomic mass is 9.85. The van der Waals surface area contributed by atoms with E-state index in [0.717, 1.165) is 17.8 Å². The summed E-state index contributed by atoms with van der Waals surface area (Å²) >= 11 is 0. The van der Waals surface area contributed by atoms with Gasteiger partial charge in [-0.2, -0.15) is 0 Å². The minimum absolute atomic E-state index is 0.807. The molecule has 0 aromatic carbocycles. The van der Waals surface area contributed by atoms with E-state index in [9.17, 15) is 0 Å². The summed E-state index contributed by atoms with van der Waals surface area (Å²) in [6, 6.07) is 0. The fourth-order valence-corrected chi connectivity index (χ4v) is 2.57. The van der Waals surface area contributed by atoms with Gasteiger partial charge in [0.2, 0.25) is 0 Å². The SMILES string of the molecule is CC(C)C(CN1CCCNCC1)C(C)C. The number of nitrogens with zero attached hydrogens (tertiary/aromatic N) is 1. The molecule has 0 atom stereocenters. The second-order valence-electron chi connectivity index (χ2n) is 5.56. The fraction of sp³-hybridized carbons (Fsp3) is 1.00. The average Bonchev–Trinajstić information content (AvgIpc) is 2.41. The molecule has 1 aliphatic rings. The molecule has 0 saturated carbocycles. The van der Waals surface area contributed by atoms with Crippen molar-refractivity contribution in [3.05, 3.63) is 0 Å². The lowest BCUT2D eigenvalue weighted by Crippen LogP contribution is -2.36. The van der Waals surface area contributed by atoms with Gasteiger partial charge in [0.05, 0.1) is 0 Å². The molecule has 0 unspecified atom stereocenters. The van der Waals surface area contributed by atoms with Crippen molar-refractivity contribution in [1.82, 2.24) is 10.2 Å². The first-order chi connectivity index (χ1) is 7.11. The lowest BCUT2D eigenvalue weighted by Gasteiger charge is -2.31. The Balaban J connectivity index is 2.41. The maximum absolute atomic E-state index is 3.47. The quantitative estimate of drug-likeness (QED) is 0.768. The smallest absolute Gasteiger partial charge is 0.0107 e. The molecule has 1 saturated heterocycles. The largest absolute Gasteiger partial charge is 0.315 e. The van der Waals surface area contributed by atoms with Crippen LogP contribution in [-0.2, 0) is 0 Å². The van der Waals surface area contributed by atoms with Crippen molar-refractivity contribution < 1.29 is 0 Å². The predicted molar refractivity (Wildman–Crippen MR) is 67.1 cm³/mol. The molecule has 1 N–H and O–H groups in total. The van der Waals surface area contributed by atoms with Crippen LogP contribution >= 0.6 is 0 Å². The van der Waals surface area contributed by atoms with Gasteiger partial charge >= 0.3 is 0 Å². The molecule has 1 rings (SSSR count). The number of hydrogen-bond donors (Lipinski definition) is 1. The molecule has 15 heavy (non-hydrogen) atoms. The monoisotopic (exact) mass is 212 g/mol. The van der Waals surface area contributed by atoms with Crippen LogP contribution in [0.1, 0.15) is 34.1 Å². The standard InChI is InChI=1S/C13H28N2/c1-11(2)13(12(3)4)10-15-8-5-6-14-7-9-15/h11-14H,5-10H2,1-4H3. The van der Waals surface area contributed by atoms with Gasteiger partial charge in [-0.15, -0.1) is 0 Å². The molecule has 2 heteroatoms. The summed E-state index contributed by atoms with van der Waals surface area (Å²) < 4.78 is 0. The van der Waals surface area contributed by atoms with Gasteiger partial charge in [0.1, 0.15) is 0 Å². The highest BCUT2D eigenvalue weighted by Gasteiger charge is 2.21. The van der Waals surface area contributed by atoms with Gasteiger partial charge < -0.3 is 10.2 Å². The molecule has 0 aromatic rings. The highest BCUT2D eigenvalue weighted by Crippen LogP contribution is 2.21. The van der Waals surface area contributed by atoms with Crippen LogP contribution in [0.5, 0.6) is 0 Å².